The molecule has 1 aromatic heterocycles. The number of halogens is 3. The number of alkyl halides is 3. The number of rotatable bonds is 5. The molecule has 0 aliphatic heterocycles. The van der Waals surface area contributed by atoms with Crippen LogP contribution in [0.25, 0.3) is 0 Å². The van der Waals surface area contributed by atoms with Crippen LogP contribution in [-0.4, -0.2) is 28.0 Å². The first-order valence-electron chi connectivity index (χ1n) is 6.78. The van der Waals surface area contributed by atoms with Gasteiger partial charge in [-0.05, 0) is 30.3 Å². The Bertz CT molecular complexity index is 675. The molecule has 0 saturated heterocycles. The van der Waals surface area contributed by atoms with Crippen molar-refractivity contribution in [1.29, 1.82) is 0 Å². The van der Waals surface area contributed by atoms with Crippen LogP contribution < -0.4 is 0 Å². The quantitative estimate of drug-likeness (QED) is 0.916. The Labute approximate surface area is 131 Å². The van der Waals surface area contributed by atoms with E-state index in [1.807, 2.05) is 0 Å². The Balaban J connectivity index is 2.23. The summed E-state index contributed by atoms with van der Waals surface area (Å²) in [5.41, 5.74) is 0.101. The largest absolute Gasteiger partial charge is 0.480 e. The van der Waals surface area contributed by atoms with Gasteiger partial charge in [-0.3, -0.25) is 14.7 Å². The smallest absolute Gasteiger partial charge is 0.416 e. The average Bonchev–Trinajstić information content (AvgIpc) is 2.47. The molecule has 7 heteroatoms. The van der Waals surface area contributed by atoms with Crippen LogP contribution in [0.15, 0.2) is 48.8 Å². The Kier molecular flexibility index (Phi) is 5.00. The molecular formula is C16H15F3N2O2. The third-order valence-electron chi connectivity index (χ3n) is 3.36. The summed E-state index contributed by atoms with van der Waals surface area (Å²) in [6.45, 7) is 0.0653. The zero-order chi connectivity index (χ0) is 17.0. The van der Waals surface area contributed by atoms with Gasteiger partial charge in [0, 0.05) is 18.9 Å². The fourth-order valence-electron chi connectivity index (χ4n) is 2.35. The Morgan fingerprint density at radius 1 is 1.30 bits per heavy atom. The molecule has 1 atom stereocenters. The first-order valence-corrected chi connectivity index (χ1v) is 6.78. The lowest BCUT2D eigenvalue weighted by atomic mass is 10.1. The van der Waals surface area contributed by atoms with Crippen LogP contribution in [0.3, 0.4) is 0 Å². The molecule has 1 N–H and O–H groups in total. The molecule has 0 aliphatic rings. The van der Waals surface area contributed by atoms with Gasteiger partial charge in [0.25, 0.3) is 0 Å². The van der Waals surface area contributed by atoms with Gasteiger partial charge in [-0.1, -0.05) is 24.3 Å². The van der Waals surface area contributed by atoms with E-state index in [0.29, 0.717) is 11.1 Å². The highest BCUT2D eigenvalue weighted by Crippen LogP contribution is 2.30. The highest BCUT2D eigenvalue weighted by Gasteiger charge is 2.31. The molecule has 1 unspecified atom stereocenters. The monoisotopic (exact) mass is 324 g/mol. The number of carbonyl (C=O) groups is 1. The van der Waals surface area contributed by atoms with Crippen molar-refractivity contribution in [3.8, 4) is 0 Å². The topological polar surface area (TPSA) is 53.4 Å². The molecule has 0 aliphatic carbocycles. The molecule has 23 heavy (non-hydrogen) atoms. The fourth-order valence-corrected chi connectivity index (χ4v) is 2.35. The summed E-state index contributed by atoms with van der Waals surface area (Å²) < 4.78 is 38.2. The van der Waals surface area contributed by atoms with E-state index in [-0.39, 0.29) is 6.54 Å². The lowest BCUT2D eigenvalue weighted by molar-refractivity contribution is -0.143. The predicted molar refractivity (Wildman–Crippen MR) is 77.5 cm³/mol. The van der Waals surface area contributed by atoms with Gasteiger partial charge in [0.1, 0.15) is 6.04 Å². The lowest BCUT2D eigenvalue weighted by Gasteiger charge is -2.25. The average molecular weight is 324 g/mol. The van der Waals surface area contributed by atoms with Crippen molar-refractivity contribution in [2.24, 2.45) is 0 Å². The standard InChI is InChI=1S/C16H15F3N2O2/c1-21(14(15(22)23)12-5-3-7-20-9-12)10-11-4-2-6-13(8-11)16(17,18)19/h2-9,14H,10H2,1H3,(H,22,23). The molecule has 0 spiro atoms. The Morgan fingerprint density at radius 3 is 2.61 bits per heavy atom. The number of aliphatic carboxylic acids is 1. The van der Waals surface area contributed by atoms with Gasteiger partial charge >= 0.3 is 12.1 Å². The highest BCUT2D eigenvalue weighted by atomic mass is 19.4. The summed E-state index contributed by atoms with van der Waals surface area (Å²) in [4.78, 5) is 16.9. The predicted octanol–water partition coefficient (Wildman–Crippen LogP) is 3.36. The molecule has 2 aromatic rings. The van der Waals surface area contributed by atoms with Gasteiger partial charge in [-0.15, -0.1) is 0 Å². The number of pyridine rings is 1. The summed E-state index contributed by atoms with van der Waals surface area (Å²) in [6, 6.07) is 7.11. The van der Waals surface area contributed by atoms with Crippen LogP contribution in [0.5, 0.6) is 0 Å². The minimum absolute atomic E-state index is 0.0653. The maximum atomic E-state index is 12.7. The van der Waals surface area contributed by atoms with Crippen LogP contribution in [0, 0.1) is 0 Å². The molecule has 1 aromatic carbocycles. The Morgan fingerprint density at radius 2 is 2.04 bits per heavy atom. The molecule has 4 nitrogen and oxygen atoms in total. The molecule has 0 amide bonds. The number of likely N-dealkylation sites (N-methyl/N-ethyl adjacent to an activating group) is 1. The maximum absolute atomic E-state index is 12.7. The van der Waals surface area contributed by atoms with Crippen molar-refractivity contribution in [3.63, 3.8) is 0 Å². The molecule has 122 valence electrons. The first-order chi connectivity index (χ1) is 10.8. The van der Waals surface area contributed by atoms with E-state index in [9.17, 15) is 23.1 Å². The van der Waals surface area contributed by atoms with Crippen molar-refractivity contribution in [1.82, 2.24) is 9.88 Å². The number of carboxylic acids is 1. The van der Waals surface area contributed by atoms with E-state index in [1.54, 1.807) is 19.2 Å². The van der Waals surface area contributed by atoms with Crippen molar-refractivity contribution in [3.05, 3.63) is 65.5 Å². The fraction of sp³-hybridized carbons (Fsp3) is 0.250. The van der Waals surface area contributed by atoms with Gasteiger partial charge in [0.2, 0.25) is 0 Å². The van der Waals surface area contributed by atoms with Crippen LogP contribution in [0.4, 0.5) is 13.2 Å². The highest BCUT2D eigenvalue weighted by molar-refractivity contribution is 5.75. The van der Waals surface area contributed by atoms with Crippen molar-refractivity contribution in [2.45, 2.75) is 18.8 Å². The number of benzene rings is 1. The SMILES string of the molecule is CN(Cc1cccc(C(F)(F)F)c1)C(C(=O)O)c1cccnc1. The third-order valence-corrected chi connectivity index (χ3v) is 3.36. The summed E-state index contributed by atoms with van der Waals surface area (Å²) in [7, 11) is 1.55. The van der Waals surface area contributed by atoms with Crippen LogP contribution in [0.2, 0.25) is 0 Å². The van der Waals surface area contributed by atoms with E-state index in [4.69, 9.17) is 0 Å². The van der Waals surface area contributed by atoms with Crippen molar-refractivity contribution < 1.29 is 23.1 Å². The minimum atomic E-state index is -4.43. The van der Waals surface area contributed by atoms with Gasteiger partial charge in [-0.2, -0.15) is 13.2 Å². The lowest BCUT2D eigenvalue weighted by Crippen LogP contribution is -2.30. The summed E-state index contributed by atoms with van der Waals surface area (Å²) in [5.74, 6) is -1.09. The molecule has 0 saturated carbocycles. The second kappa shape index (κ2) is 6.78. The van der Waals surface area contributed by atoms with Gasteiger partial charge in [0.05, 0.1) is 5.56 Å². The number of aromatic nitrogens is 1. The second-order valence-electron chi connectivity index (χ2n) is 5.14. The van der Waals surface area contributed by atoms with E-state index in [0.717, 1.165) is 12.1 Å². The number of hydrogen-bond acceptors (Lipinski definition) is 3. The zero-order valence-electron chi connectivity index (χ0n) is 12.3. The molecule has 0 radical (unpaired) electrons. The molecule has 0 fully saturated rings. The van der Waals surface area contributed by atoms with Crippen LogP contribution >= 0.6 is 0 Å². The van der Waals surface area contributed by atoms with E-state index >= 15 is 0 Å². The summed E-state index contributed by atoms with van der Waals surface area (Å²) in [5, 5.41) is 9.41. The van der Waals surface area contributed by atoms with E-state index in [1.165, 1.54) is 29.4 Å². The van der Waals surface area contributed by atoms with Crippen molar-refractivity contribution in [2.75, 3.05) is 7.05 Å². The summed E-state index contributed by atoms with van der Waals surface area (Å²) >= 11 is 0. The Hall–Kier alpha value is -2.41. The number of hydrogen-bond donors (Lipinski definition) is 1. The normalized spacial score (nSPS) is 13.1. The maximum Gasteiger partial charge on any atom is 0.416 e. The second-order valence-corrected chi connectivity index (χ2v) is 5.14. The number of nitrogens with zero attached hydrogens (tertiary/aromatic N) is 2. The van der Waals surface area contributed by atoms with Crippen LogP contribution in [-0.2, 0) is 17.5 Å². The van der Waals surface area contributed by atoms with Crippen molar-refractivity contribution >= 4 is 5.97 Å². The van der Waals surface area contributed by atoms with E-state index in [2.05, 4.69) is 4.98 Å². The third kappa shape index (κ3) is 4.29. The van der Waals surface area contributed by atoms with Gasteiger partial charge in [-0.25, -0.2) is 0 Å². The number of carboxylic acid groups (broad SMARTS) is 1. The van der Waals surface area contributed by atoms with Gasteiger partial charge < -0.3 is 5.11 Å². The van der Waals surface area contributed by atoms with E-state index < -0.39 is 23.8 Å². The minimum Gasteiger partial charge on any atom is -0.480 e. The molecule has 2 rings (SSSR count). The van der Waals surface area contributed by atoms with Crippen LogP contribution in [0.1, 0.15) is 22.7 Å². The molecule has 0 bridgehead atoms. The zero-order valence-corrected chi connectivity index (χ0v) is 12.3. The first kappa shape index (κ1) is 17.0. The summed E-state index contributed by atoms with van der Waals surface area (Å²) in [6.07, 6.45) is -1.47. The molecular weight excluding hydrogens is 309 g/mol. The molecule has 1 heterocycles. The van der Waals surface area contributed by atoms with Gasteiger partial charge in [0.15, 0.2) is 0 Å².